The molecular formula is C14H10N4O2S2. The molecule has 3 aromatic rings. The Balaban J connectivity index is 1.64. The average Bonchev–Trinajstić information content (AvgIpc) is 3.19. The van der Waals surface area contributed by atoms with Crippen LogP contribution in [-0.4, -0.2) is 31.7 Å². The van der Waals surface area contributed by atoms with Gasteiger partial charge in [0.15, 0.2) is 10.2 Å². The average molecular weight is 330 g/mol. The van der Waals surface area contributed by atoms with Gasteiger partial charge in [0, 0.05) is 10.3 Å². The number of H-pyrrole nitrogens is 1. The highest BCUT2D eigenvalue weighted by atomic mass is 32.2. The Kier molecular flexibility index (Phi) is 4.40. The maximum atomic E-state index is 11.9. The van der Waals surface area contributed by atoms with E-state index in [1.807, 2.05) is 30.3 Å². The monoisotopic (exact) mass is 330 g/mol. The molecule has 0 amide bonds. The SMILES string of the molecule is O=C(Cc1csc(Sc2ccccc2)n1)C(=O)c1ncn[nH]1. The number of carbonyl (C=O) groups excluding carboxylic acids is 2. The predicted octanol–water partition coefficient (Wildman–Crippen LogP) is 2.41. The van der Waals surface area contributed by atoms with Crippen LogP contribution in [-0.2, 0) is 11.2 Å². The third-order valence-corrected chi connectivity index (χ3v) is 4.70. The molecule has 2 aromatic heterocycles. The lowest BCUT2D eigenvalue weighted by Gasteiger charge is -1.96. The Hall–Kier alpha value is -2.32. The fourth-order valence-electron chi connectivity index (χ4n) is 1.70. The van der Waals surface area contributed by atoms with E-state index in [0.29, 0.717) is 5.69 Å². The van der Waals surface area contributed by atoms with Crippen LogP contribution in [0.15, 0.2) is 51.3 Å². The van der Waals surface area contributed by atoms with Crippen molar-refractivity contribution in [1.29, 1.82) is 0 Å². The Bertz CT molecular complexity index is 784. The van der Waals surface area contributed by atoms with Gasteiger partial charge in [-0.25, -0.2) is 9.97 Å². The predicted molar refractivity (Wildman–Crippen MR) is 82.1 cm³/mol. The Morgan fingerprint density at radius 2 is 2.05 bits per heavy atom. The first-order chi connectivity index (χ1) is 10.7. The lowest BCUT2D eigenvalue weighted by Crippen LogP contribution is -2.18. The number of aromatic nitrogens is 4. The number of rotatable bonds is 6. The summed E-state index contributed by atoms with van der Waals surface area (Å²) in [6.07, 6.45) is 1.16. The third-order valence-electron chi connectivity index (χ3n) is 2.70. The molecular weight excluding hydrogens is 320 g/mol. The summed E-state index contributed by atoms with van der Waals surface area (Å²) in [4.78, 5) is 32.8. The molecule has 8 heteroatoms. The standard InChI is InChI=1S/C14H10N4O2S2/c19-11(12(20)13-15-8-16-18-13)6-9-7-21-14(17-9)22-10-4-2-1-3-5-10/h1-5,7-8H,6H2,(H,15,16,18). The van der Waals surface area contributed by atoms with Crippen molar-refractivity contribution in [3.63, 3.8) is 0 Å². The molecule has 2 heterocycles. The summed E-state index contributed by atoms with van der Waals surface area (Å²) in [6.45, 7) is 0. The van der Waals surface area contributed by atoms with Gasteiger partial charge in [-0.2, -0.15) is 5.10 Å². The number of aromatic amines is 1. The summed E-state index contributed by atoms with van der Waals surface area (Å²) in [5, 5.41) is 7.73. The summed E-state index contributed by atoms with van der Waals surface area (Å²) < 4.78 is 0.834. The Morgan fingerprint density at radius 3 is 2.77 bits per heavy atom. The quantitative estimate of drug-likeness (QED) is 0.551. The van der Waals surface area contributed by atoms with Crippen molar-refractivity contribution in [3.05, 3.63) is 53.6 Å². The zero-order valence-electron chi connectivity index (χ0n) is 11.2. The molecule has 0 saturated heterocycles. The van der Waals surface area contributed by atoms with Gasteiger partial charge < -0.3 is 0 Å². The molecule has 0 bridgehead atoms. The first kappa shape index (κ1) is 14.6. The molecule has 0 spiro atoms. The van der Waals surface area contributed by atoms with E-state index in [1.54, 1.807) is 5.38 Å². The van der Waals surface area contributed by atoms with E-state index in [9.17, 15) is 9.59 Å². The van der Waals surface area contributed by atoms with Gasteiger partial charge in [-0.05, 0) is 12.1 Å². The Labute approximate surface area is 134 Å². The first-order valence-corrected chi connectivity index (χ1v) is 8.02. The van der Waals surface area contributed by atoms with Crippen molar-refractivity contribution >= 4 is 34.7 Å². The van der Waals surface area contributed by atoms with Gasteiger partial charge in [-0.3, -0.25) is 14.7 Å². The van der Waals surface area contributed by atoms with Gasteiger partial charge in [0.05, 0.1) is 12.1 Å². The molecule has 0 atom stereocenters. The van der Waals surface area contributed by atoms with Crippen molar-refractivity contribution < 1.29 is 9.59 Å². The second kappa shape index (κ2) is 6.63. The molecule has 0 aliphatic rings. The lowest BCUT2D eigenvalue weighted by atomic mass is 10.1. The van der Waals surface area contributed by atoms with Crippen LogP contribution in [0.1, 0.15) is 16.3 Å². The minimum absolute atomic E-state index is 0.0363. The largest absolute Gasteiger partial charge is 0.290 e. The van der Waals surface area contributed by atoms with Crippen LogP contribution in [0, 0.1) is 0 Å². The maximum Gasteiger partial charge on any atom is 0.265 e. The van der Waals surface area contributed by atoms with Crippen LogP contribution in [0.3, 0.4) is 0 Å². The molecule has 1 aromatic carbocycles. The normalized spacial score (nSPS) is 10.5. The topological polar surface area (TPSA) is 88.6 Å². The molecule has 1 N–H and O–H groups in total. The minimum atomic E-state index is -0.678. The van der Waals surface area contributed by atoms with Crippen LogP contribution in [0.5, 0.6) is 0 Å². The van der Waals surface area contributed by atoms with E-state index >= 15 is 0 Å². The number of carbonyl (C=O) groups is 2. The number of benzene rings is 1. The zero-order valence-corrected chi connectivity index (χ0v) is 12.9. The summed E-state index contributed by atoms with van der Waals surface area (Å²) in [7, 11) is 0. The lowest BCUT2D eigenvalue weighted by molar-refractivity contribution is -0.114. The highest BCUT2D eigenvalue weighted by Crippen LogP contribution is 2.30. The van der Waals surface area contributed by atoms with Crippen LogP contribution in [0.4, 0.5) is 0 Å². The van der Waals surface area contributed by atoms with Gasteiger partial charge in [-0.1, -0.05) is 30.0 Å². The van der Waals surface area contributed by atoms with Crippen LogP contribution in [0.2, 0.25) is 0 Å². The second-order valence-corrected chi connectivity index (χ2v) is 6.46. The molecule has 6 nitrogen and oxygen atoms in total. The van der Waals surface area contributed by atoms with Gasteiger partial charge in [0.2, 0.25) is 5.78 Å². The number of thiazole rings is 1. The smallest absolute Gasteiger partial charge is 0.265 e. The van der Waals surface area contributed by atoms with Crippen molar-refractivity contribution in [1.82, 2.24) is 20.2 Å². The molecule has 0 aliphatic carbocycles. The summed E-state index contributed by atoms with van der Waals surface area (Å²) >= 11 is 2.97. The highest BCUT2D eigenvalue weighted by Gasteiger charge is 2.20. The number of hydrogen-bond donors (Lipinski definition) is 1. The first-order valence-electron chi connectivity index (χ1n) is 6.32. The number of hydrogen-bond acceptors (Lipinski definition) is 7. The van der Waals surface area contributed by atoms with E-state index in [4.69, 9.17) is 0 Å². The number of ketones is 2. The van der Waals surface area contributed by atoms with Gasteiger partial charge in [0.1, 0.15) is 6.33 Å². The Morgan fingerprint density at radius 1 is 1.23 bits per heavy atom. The van der Waals surface area contributed by atoms with E-state index < -0.39 is 11.6 Å². The van der Waals surface area contributed by atoms with E-state index in [0.717, 1.165) is 9.24 Å². The van der Waals surface area contributed by atoms with E-state index in [2.05, 4.69) is 20.2 Å². The molecule has 0 fully saturated rings. The van der Waals surface area contributed by atoms with E-state index in [1.165, 1.54) is 29.4 Å². The van der Waals surface area contributed by atoms with Crippen molar-refractivity contribution in [3.8, 4) is 0 Å². The van der Waals surface area contributed by atoms with E-state index in [-0.39, 0.29) is 12.2 Å². The molecule has 0 aliphatic heterocycles. The molecule has 0 saturated carbocycles. The number of nitrogens with one attached hydrogen (secondary N) is 1. The second-order valence-electron chi connectivity index (χ2n) is 4.28. The molecule has 22 heavy (non-hydrogen) atoms. The van der Waals surface area contributed by atoms with Gasteiger partial charge in [-0.15, -0.1) is 11.3 Å². The minimum Gasteiger partial charge on any atom is -0.290 e. The number of nitrogens with zero attached hydrogens (tertiary/aromatic N) is 3. The fourth-order valence-corrected chi connectivity index (χ4v) is 3.52. The summed E-state index contributed by atoms with van der Waals surface area (Å²) in [5.74, 6) is -1.28. The molecule has 3 rings (SSSR count). The molecule has 0 unspecified atom stereocenters. The molecule has 110 valence electrons. The molecule has 0 radical (unpaired) electrons. The zero-order chi connectivity index (χ0) is 15.4. The van der Waals surface area contributed by atoms with Crippen LogP contribution in [0.25, 0.3) is 0 Å². The third kappa shape index (κ3) is 3.46. The van der Waals surface area contributed by atoms with Gasteiger partial charge >= 0.3 is 0 Å². The summed E-state index contributed by atoms with van der Waals surface area (Å²) in [6, 6.07) is 9.84. The van der Waals surface area contributed by atoms with Crippen molar-refractivity contribution in [2.75, 3.05) is 0 Å². The van der Waals surface area contributed by atoms with Crippen LogP contribution >= 0.6 is 23.1 Å². The van der Waals surface area contributed by atoms with Crippen molar-refractivity contribution in [2.24, 2.45) is 0 Å². The van der Waals surface area contributed by atoms with Crippen molar-refractivity contribution in [2.45, 2.75) is 15.7 Å². The fraction of sp³-hybridized carbons (Fsp3) is 0.0714. The number of Topliss-reactive ketones (excluding diaryl/α,β-unsaturated/α-hetero) is 2. The van der Waals surface area contributed by atoms with Gasteiger partial charge in [0.25, 0.3) is 5.78 Å². The van der Waals surface area contributed by atoms with Crippen LogP contribution < -0.4 is 0 Å². The highest BCUT2D eigenvalue weighted by molar-refractivity contribution is 8.01. The summed E-state index contributed by atoms with van der Waals surface area (Å²) in [5.41, 5.74) is 0.585. The maximum absolute atomic E-state index is 11.9.